The Bertz CT molecular complexity index is 513. The van der Waals surface area contributed by atoms with Crippen LogP contribution in [0.2, 0.25) is 0 Å². The maximum absolute atomic E-state index is 12.3. The van der Waals surface area contributed by atoms with E-state index in [-0.39, 0.29) is 11.8 Å². The quantitative estimate of drug-likeness (QED) is 0.773. The van der Waals surface area contributed by atoms with Crippen molar-refractivity contribution in [2.75, 3.05) is 25.9 Å². The highest BCUT2D eigenvalue weighted by atomic mass is 16.5. The van der Waals surface area contributed by atoms with Crippen molar-refractivity contribution >= 4 is 17.5 Å². The molecule has 6 nitrogen and oxygen atoms in total. The molecule has 0 fully saturated rings. The van der Waals surface area contributed by atoms with Crippen LogP contribution in [0, 0.1) is 0 Å². The molecule has 0 saturated heterocycles. The van der Waals surface area contributed by atoms with Gasteiger partial charge in [-0.3, -0.25) is 9.59 Å². The number of nitrogens with zero attached hydrogens (tertiary/aromatic N) is 1. The van der Waals surface area contributed by atoms with Gasteiger partial charge in [0.25, 0.3) is 5.91 Å². The molecule has 0 radical (unpaired) electrons. The predicted molar refractivity (Wildman–Crippen MR) is 82.3 cm³/mol. The second kappa shape index (κ2) is 7.52. The Morgan fingerprint density at radius 1 is 1.33 bits per heavy atom. The van der Waals surface area contributed by atoms with Gasteiger partial charge in [0, 0.05) is 18.8 Å². The molecule has 1 rings (SSSR count). The van der Waals surface area contributed by atoms with Crippen molar-refractivity contribution < 1.29 is 14.3 Å². The molecule has 2 amide bonds. The van der Waals surface area contributed by atoms with Crippen LogP contribution in [0.1, 0.15) is 31.1 Å². The first-order valence-corrected chi connectivity index (χ1v) is 6.97. The van der Waals surface area contributed by atoms with Gasteiger partial charge in [0.1, 0.15) is 11.8 Å². The number of anilines is 1. The molecule has 0 aliphatic carbocycles. The first-order chi connectivity index (χ1) is 9.94. The normalized spacial score (nSPS) is 11.6. The molecule has 0 aromatic heterocycles. The Labute approximate surface area is 125 Å². The lowest BCUT2D eigenvalue weighted by Crippen LogP contribution is -2.46. The minimum absolute atomic E-state index is 0.115. The fraction of sp³-hybridized carbons (Fsp3) is 0.467. The monoisotopic (exact) mass is 293 g/mol. The van der Waals surface area contributed by atoms with Crippen molar-refractivity contribution in [3.8, 4) is 5.75 Å². The second-order valence-electron chi connectivity index (χ2n) is 4.67. The van der Waals surface area contributed by atoms with Crippen LogP contribution in [0.3, 0.4) is 0 Å². The minimum Gasteiger partial charge on any atom is -0.496 e. The van der Waals surface area contributed by atoms with Crippen LogP contribution >= 0.6 is 0 Å². The van der Waals surface area contributed by atoms with E-state index in [4.69, 9.17) is 10.5 Å². The molecule has 0 bridgehead atoms. The van der Waals surface area contributed by atoms with Crippen molar-refractivity contribution in [2.24, 2.45) is 0 Å². The van der Waals surface area contributed by atoms with Gasteiger partial charge in [0.2, 0.25) is 5.91 Å². The molecule has 1 aromatic rings. The maximum Gasteiger partial charge on any atom is 0.255 e. The van der Waals surface area contributed by atoms with Gasteiger partial charge in [-0.25, -0.2) is 0 Å². The Balaban J connectivity index is 2.86. The maximum atomic E-state index is 12.3. The zero-order chi connectivity index (χ0) is 16.0. The SMILES string of the molecule is CCN(CC)C(=O)C(C)NC(=O)c1cc(N)ccc1OC. The number of carbonyl (C=O) groups is 2. The summed E-state index contributed by atoms with van der Waals surface area (Å²) in [6.45, 7) is 6.68. The lowest BCUT2D eigenvalue weighted by molar-refractivity contribution is -0.132. The molecule has 1 unspecified atom stereocenters. The topological polar surface area (TPSA) is 84.7 Å². The van der Waals surface area contributed by atoms with E-state index < -0.39 is 6.04 Å². The molecule has 0 aliphatic heterocycles. The summed E-state index contributed by atoms with van der Waals surface area (Å²) in [6, 6.07) is 4.20. The van der Waals surface area contributed by atoms with Crippen molar-refractivity contribution in [3.05, 3.63) is 23.8 Å². The smallest absolute Gasteiger partial charge is 0.255 e. The summed E-state index contributed by atoms with van der Waals surface area (Å²) >= 11 is 0. The molecular weight excluding hydrogens is 270 g/mol. The summed E-state index contributed by atoms with van der Waals surface area (Å²) in [4.78, 5) is 26.1. The number of hydrogen-bond donors (Lipinski definition) is 2. The number of nitrogen functional groups attached to an aromatic ring is 1. The molecule has 0 saturated carbocycles. The molecule has 1 aromatic carbocycles. The lowest BCUT2D eigenvalue weighted by atomic mass is 10.1. The number of amides is 2. The van der Waals surface area contributed by atoms with Crippen molar-refractivity contribution in [3.63, 3.8) is 0 Å². The summed E-state index contributed by atoms with van der Waals surface area (Å²) < 4.78 is 5.14. The van der Waals surface area contributed by atoms with E-state index in [0.29, 0.717) is 30.1 Å². The number of nitrogens with two attached hydrogens (primary N) is 1. The molecule has 21 heavy (non-hydrogen) atoms. The average molecular weight is 293 g/mol. The van der Waals surface area contributed by atoms with E-state index in [1.807, 2.05) is 13.8 Å². The van der Waals surface area contributed by atoms with Crippen LogP contribution < -0.4 is 15.8 Å². The first kappa shape index (κ1) is 16.8. The minimum atomic E-state index is -0.608. The Hall–Kier alpha value is -2.24. The highest BCUT2D eigenvalue weighted by Gasteiger charge is 2.22. The summed E-state index contributed by atoms with van der Waals surface area (Å²) in [5, 5.41) is 2.68. The van der Waals surface area contributed by atoms with E-state index in [1.165, 1.54) is 13.2 Å². The van der Waals surface area contributed by atoms with Crippen molar-refractivity contribution in [1.82, 2.24) is 10.2 Å². The summed E-state index contributed by atoms with van der Waals surface area (Å²) in [5.74, 6) is -0.0763. The largest absolute Gasteiger partial charge is 0.496 e. The second-order valence-corrected chi connectivity index (χ2v) is 4.67. The van der Waals surface area contributed by atoms with Gasteiger partial charge in [-0.15, -0.1) is 0 Å². The number of rotatable bonds is 6. The van der Waals surface area contributed by atoms with E-state index in [9.17, 15) is 9.59 Å². The third kappa shape index (κ3) is 4.11. The average Bonchev–Trinajstić information content (AvgIpc) is 2.48. The molecule has 116 valence electrons. The highest BCUT2D eigenvalue weighted by Crippen LogP contribution is 2.21. The summed E-state index contributed by atoms with van der Waals surface area (Å²) in [7, 11) is 1.48. The zero-order valence-corrected chi connectivity index (χ0v) is 13.0. The molecule has 0 spiro atoms. The van der Waals surface area contributed by atoms with Crippen LogP contribution in [0.5, 0.6) is 5.75 Å². The fourth-order valence-corrected chi connectivity index (χ4v) is 2.05. The number of methoxy groups -OCH3 is 1. The molecule has 3 N–H and O–H groups in total. The van der Waals surface area contributed by atoms with Gasteiger partial charge in [0.15, 0.2) is 0 Å². The standard InChI is InChI=1S/C15H23N3O3/c1-5-18(6-2)15(20)10(3)17-14(19)12-9-11(16)7-8-13(12)21-4/h7-10H,5-6,16H2,1-4H3,(H,17,19). The van der Waals surface area contributed by atoms with Crippen LogP contribution in [-0.2, 0) is 4.79 Å². The highest BCUT2D eigenvalue weighted by molar-refractivity contribution is 6.00. The third-order valence-electron chi connectivity index (χ3n) is 3.26. The predicted octanol–water partition coefficient (Wildman–Crippen LogP) is 1.26. The first-order valence-electron chi connectivity index (χ1n) is 6.97. The summed E-state index contributed by atoms with van der Waals surface area (Å²) in [6.07, 6.45) is 0. The fourth-order valence-electron chi connectivity index (χ4n) is 2.05. The van der Waals surface area contributed by atoms with Crippen LogP contribution in [0.25, 0.3) is 0 Å². The van der Waals surface area contributed by atoms with Crippen molar-refractivity contribution in [1.29, 1.82) is 0 Å². The van der Waals surface area contributed by atoms with Gasteiger partial charge in [-0.05, 0) is 39.0 Å². The van der Waals surface area contributed by atoms with Gasteiger partial charge in [-0.1, -0.05) is 0 Å². The summed E-state index contributed by atoms with van der Waals surface area (Å²) in [5.41, 5.74) is 6.47. The van der Waals surface area contributed by atoms with Gasteiger partial charge < -0.3 is 20.7 Å². The number of likely N-dealkylation sites (N-methyl/N-ethyl adjacent to an activating group) is 1. The molecule has 0 heterocycles. The lowest BCUT2D eigenvalue weighted by Gasteiger charge is -2.23. The van der Waals surface area contributed by atoms with Gasteiger partial charge in [-0.2, -0.15) is 0 Å². The molecular formula is C15H23N3O3. The number of benzene rings is 1. The van der Waals surface area contributed by atoms with Crippen molar-refractivity contribution in [2.45, 2.75) is 26.8 Å². The molecule has 1 atom stereocenters. The Morgan fingerprint density at radius 3 is 2.48 bits per heavy atom. The van der Waals surface area contributed by atoms with Crippen LogP contribution in [-0.4, -0.2) is 43.0 Å². The van der Waals surface area contributed by atoms with E-state index in [1.54, 1.807) is 24.0 Å². The third-order valence-corrected chi connectivity index (χ3v) is 3.26. The van der Waals surface area contributed by atoms with E-state index >= 15 is 0 Å². The molecule has 0 aliphatic rings. The number of nitrogens with one attached hydrogen (secondary N) is 1. The zero-order valence-electron chi connectivity index (χ0n) is 13.0. The van der Waals surface area contributed by atoms with E-state index in [2.05, 4.69) is 5.32 Å². The number of ether oxygens (including phenoxy) is 1. The molecule has 6 heteroatoms. The van der Waals surface area contributed by atoms with Gasteiger partial charge in [0.05, 0.1) is 12.7 Å². The van der Waals surface area contributed by atoms with Crippen LogP contribution in [0.15, 0.2) is 18.2 Å². The van der Waals surface area contributed by atoms with Gasteiger partial charge >= 0.3 is 0 Å². The Kier molecular flexibility index (Phi) is 6.02. The van der Waals surface area contributed by atoms with E-state index in [0.717, 1.165) is 0 Å². The number of carbonyl (C=O) groups excluding carboxylic acids is 2. The Morgan fingerprint density at radius 2 is 1.95 bits per heavy atom. The number of hydrogen-bond acceptors (Lipinski definition) is 4. The van der Waals surface area contributed by atoms with Crippen LogP contribution in [0.4, 0.5) is 5.69 Å².